The molecule has 0 saturated heterocycles. The van der Waals surface area contributed by atoms with Crippen molar-refractivity contribution in [2.75, 3.05) is 57.2 Å². The largest absolute Gasteiger partial charge is 0.377 e. The highest BCUT2D eigenvalue weighted by Gasteiger charge is 2.15. The maximum Gasteiger partial charge on any atom is 0.253 e. The molecule has 0 radical (unpaired) electrons. The topological polar surface area (TPSA) is 64.7 Å². The van der Waals surface area contributed by atoms with Crippen LogP contribution in [0.3, 0.4) is 0 Å². The quantitative estimate of drug-likeness (QED) is 0.462. The average molecular weight is 415 g/mol. The molecule has 0 aliphatic carbocycles. The molecule has 6 nitrogen and oxygen atoms in total. The van der Waals surface area contributed by atoms with E-state index in [0.717, 1.165) is 23.5 Å². The molecule has 156 valence electrons. The summed E-state index contributed by atoms with van der Waals surface area (Å²) in [7, 11) is 7.81. The molecule has 2 rings (SSSR count). The lowest BCUT2D eigenvalue weighted by molar-refractivity contribution is -0.113. The molecular formula is C22H30N4O2S. The molecule has 0 heterocycles. The minimum absolute atomic E-state index is 0.103. The van der Waals surface area contributed by atoms with Crippen LogP contribution in [0.4, 0.5) is 11.4 Å². The second-order valence-electron chi connectivity index (χ2n) is 7.19. The molecule has 2 N–H and O–H groups in total. The standard InChI is InChI=1S/C22H30N4O2S/c1-25(2)14-8-13-23-22(28)19-15-17(11-12-20(19)26(3)4)24-21(27)16-29-18-9-6-5-7-10-18/h5-7,9-12,15H,8,13-14,16H2,1-4H3,(H,23,28)(H,24,27). The molecule has 2 aromatic carbocycles. The molecule has 7 heteroatoms. The maximum absolute atomic E-state index is 12.7. The normalized spacial score (nSPS) is 10.7. The molecule has 2 amide bonds. The highest BCUT2D eigenvalue weighted by atomic mass is 32.2. The molecule has 0 fully saturated rings. The van der Waals surface area contributed by atoms with Gasteiger partial charge in [0, 0.05) is 36.9 Å². The Bertz CT molecular complexity index is 810. The average Bonchev–Trinajstić information content (AvgIpc) is 2.70. The fourth-order valence-corrected chi connectivity index (χ4v) is 3.46. The van der Waals surface area contributed by atoms with Crippen LogP contribution in [0.5, 0.6) is 0 Å². The van der Waals surface area contributed by atoms with E-state index in [2.05, 4.69) is 15.5 Å². The van der Waals surface area contributed by atoms with Crippen molar-refractivity contribution in [3.05, 3.63) is 54.1 Å². The van der Waals surface area contributed by atoms with Crippen LogP contribution < -0.4 is 15.5 Å². The number of hydrogen-bond donors (Lipinski definition) is 2. The lowest BCUT2D eigenvalue weighted by Gasteiger charge is -2.19. The van der Waals surface area contributed by atoms with Crippen molar-refractivity contribution < 1.29 is 9.59 Å². The minimum atomic E-state index is -0.137. The van der Waals surface area contributed by atoms with Crippen molar-refractivity contribution >= 4 is 35.0 Å². The van der Waals surface area contributed by atoms with Gasteiger partial charge in [-0.15, -0.1) is 11.8 Å². The van der Waals surface area contributed by atoms with Gasteiger partial charge in [0.15, 0.2) is 0 Å². The van der Waals surface area contributed by atoms with E-state index in [4.69, 9.17) is 0 Å². The van der Waals surface area contributed by atoms with Gasteiger partial charge in [0.05, 0.1) is 11.3 Å². The number of benzene rings is 2. The zero-order valence-electron chi connectivity index (χ0n) is 17.6. The van der Waals surface area contributed by atoms with Crippen molar-refractivity contribution in [2.45, 2.75) is 11.3 Å². The van der Waals surface area contributed by atoms with E-state index in [-0.39, 0.29) is 11.8 Å². The van der Waals surface area contributed by atoms with Gasteiger partial charge in [0.1, 0.15) is 0 Å². The summed E-state index contributed by atoms with van der Waals surface area (Å²) in [5.74, 6) is 0.0712. The number of hydrogen-bond acceptors (Lipinski definition) is 5. The fourth-order valence-electron chi connectivity index (χ4n) is 2.74. The van der Waals surface area contributed by atoms with E-state index in [1.165, 1.54) is 11.8 Å². The maximum atomic E-state index is 12.7. The summed E-state index contributed by atoms with van der Waals surface area (Å²) in [6.45, 7) is 1.52. The summed E-state index contributed by atoms with van der Waals surface area (Å²) in [4.78, 5) is 30.0. The summed E-state index contributed by atoms with van der Waals surface area (Å²) in [5, 5.41) is 5.86. The van der Waals surface area contributed by atoms with Crippen molar-refractivity contribution in [1.82, 2.24) is 10.2 Å². The Morgan fingerprint density at radius 3 is 2.38 bits per heavy atom. The highest BCUT2D eigenvalue weighted by Crippen LogP contribution is 2.24. The molecule has 0 aliphatic rings. The number of carbonyl (C=O) groups is 2. The predicted octanol–water partition coefficient (Wildman–Crippen LogP) is 3.16. The highest BCUT2D eigenvalue weighted by molar-refractivity contribution is 8.00. The van der Waals surface area contributed by atoms with Crippen LogP contribution in [0.1, 0.15) is 16.8 Å². The molecule has 0 spiro atoms. The second kappa shape index (κ2) is 11.5. The first-order valence-electron chi connectivity index (χ1n) is 9.59. The summed E-state index contributed by atoms with van der Waals surface area (Å²) in [6.07, 6.45) is 0.878. The lowest BCUT2D eigenvalue weighted by Crippen LogP contribution is -2.28. The minimum Gasteiger partial charge on any atom is -0.377 e. The number of rotatable bonds is 10. The predicted molar refractivity (Wildman–Crippen MR) is 122 cm³/mol. The third-order valence-corrected chi connectivity index (χ3v) is 5.20. The molecule has 0 aliphatic heterocycles. The Morgan fingerprint density at radius 2 is 1.72 bits per heavy atom. The van der Waals surface area contributed by atoms with E-state index in [1.807, 2.05) is 75.6 Å². The summed E-state index contributed by atoms with van der Waals surface area (Å²) >= 11 is 1.48. The van der Waals surface area contributed by atoms with Gasteiger partial charge in [-0.25, -0.2) is 0 Å². The van der Waals surface area contributed by atoms with Gasteiger partial charge in [-0.2, -0.15) is 0 Å². The van der Waals surface area contributed by atoms with Crippen molar-refractivity contribution in [1.29, 1.82) is 0 Å². The van der Waals surface area contributed by atoms with E-state index in [1.54, 1.807) is 6.07 Å². The zero-order valence-corrected chi connectivity index (χ0v) is 18.4. The number of amides is 2. The fraction of sp³-hybridized carbons (Fsp3) is 0.364. The Hall–Kier alpha value is -2.51. The summed E-state index contributed by atoms with van der Waals surface area (Å²) in [6, 6.07) is 15.2. The molecule has 0 atom stereocenters. The van der Waals surface area contributed by atoms with Crippen LogP contribution in [0.15, 0.2) is 53.4 Å². The number of anilines is 2. The van der Waals surface area contributed by atoms with Gasteiger partial charge in [-0.05, 0) is 57.4 Å². The molecule has 29 heavy (non-hydrogen) atoms. The zero-order chi connectivity index (χ0) is 21.2. The summed E-state index contributed by atoms with van der Waals surface area (Å²) in [5.41, 5.74) is 1.98. The van der Waals surface area contributed by atoms with Gasteiger partial charge in [0.2, 0.25) is 5.91 Å². The molecule has 0 aromatic heterocycles. The van der Waals surface area contributed by atoms with E-state index >= 15 is 0 Å². The first-order chi connectivity index (χ1) is 13.9. The first-order valence-corrected chi connectivity index (χ1v) is 10.6. The number of thioether (sulfide) groups is 1. The van der Waals surface area contributed by atoms with E-state index < -0.39 is 0 Å². The van der Waals surface area contributed by atoms with Crippen LogP contribution in [-0.2, 0) is 4.79 Å². The monoisotopic (exact) mass is 414 g/mol. The number of nitrogens with zero attached hydrogens (tertiary/aromatic N) is 2. The molecule has 0 unspecified atom stereocenters. The van der Waals surface area contributed by atoms with Crippen LogP contribution in [0.2, 0.25) is 0 Å². The Labute approximate surface area is 177 Å². The van der Waals surface area contributed by atoms with Crippen LogP contribution in [0.25, 0.3) is 0 Å². The summed E-state index contributed by atoms with van der Waals surface area (Å²) < 4.78 is 0. The SMILES string of the molecule is CN(C)CCCNC(=O)c1cc(NC(=O)CSc2ccccc2)ccc1N(C)C. The Morgan fingerprint density at radius 1 is 1.00 bits per heavy atom. The van der Waals surface area contributed by atoms with Gasteiger partial charge < -0.3 is 20.4 Å². The Balaban J connectivity index is 2.00. The third kappa shape index (κ3) is 7.79. The van der Waals surface area contributed by atoms with Gasteiger partial charge in [-0.3, -0.25) is 9.59 Å². The van der Waals surface area contributed by atoms with Crippen LogP contribution >= 0.6 is 11.8 Å². The first kappa shape index (κ1) is 22.8. The van der Waals surface area contributed by atoms with Crippen LogP contribution in [-0.4, -0.2) is 63.7 Å². The molecule has 0 bridgehead atoms. The number of carbonyl (C=O) groups excluding carboxylic acids is 2. The lowest BCUT2D eigenvalue weighted by atomic mass is 10.1. The number of nitrogens with one attached hydrogen (secondary N) is 2. The smallest absolute Gasteiger partial charge is 0.253 e. The molecule has 0 saturated carbocycles. The van der Waals surface area contributed by atoms with E-state index in [9.17, 15) is 9.59 Å². The molecular weight excluding hydrogens is 384 g/mol. The van der Waals surface area contributed by atoms with Gasteiger partial charge in [-0.1, -0.05) is 18.2 Å². The Kier molecular flexibility index (Phi) is 9.02. The van der Waals surface area contributed by atoms with Crippen molar-refractivity contribution in [3.8, 4) is 0 Å². The second-order valence-corrected chi connectivity index (χ2v) is 8.24. The van der Waals surface area contributed by atoms with E-state index in [0.29, 0.717) is 23.5 Å². The van der Waals surface area contributed by atoms with Crippen molar-refractivity contribution in [3.63, 3.8) is 0 Å². The van der Waals surface area contributed by atoms with Crippen LogP contribution in [0, 0.1) is 0 Å². The molecule has 2 aromatic rings. The van der Waals surface area contributed by atoms with Gasteiger partial charge >= 0.3 is 0 Å². The van der Waals surface area contributed by atoms with Gasteiger partial charge in [0.25, 0.3) is 5.91 Å². The van der Waals surface area contributed by atoms with Crippen molar-refractivity contribution in [2.24, 2.45) is 0 Å². The third-order valence-electron chi connectivity index (χ3n) is 4.19.